The standard InChI is InChI=1S/C12H18ClN3O2S/c1-9-8-16(2)7-5-10(9)15-19(17,18)11-4-3-6-14-12(11)13/h3-4,6,9-10,15H,5,7-8H2,1-2H3. The third-order valence-corrected chi connectivity index (χ3v) is 5.36. The Balaban J connectivity index is 2.16. The predicted molar refractivity (Wildman–Crippen MR) is 74.6 cm³/mol. The van der Waals surface area contributed by atoms with Crippen molar-refractivity contribution in [1.29, 1.82) is 0 Å². The fraction of sp³-hybridized carbons (Fsp3) is 0.583. The molecule has 2 heterocycles. The molecule has 1 aliphatic rings. The van der Waals surface area contributed by atoms with Gasteiger partial charge in [-0.05, 0) is 38.1 Å². The van der Waals surface area contributed by atoms with E-state index in [2.05, 4.69) is 14.6 Å². The molecule has 2 rings (SSSR count). The van der Waals surface area contributed by atoms with Crippen LogP contribution in [0.3, 0.4) is 0 Å². The topological polar surface area (TPSA) is 62.3 Å². The highest BCUT2D eigenvalue weighted by Gasteiger charge is 2.29. The van der Waals surface area contributed by atoms with Crippen molar-refractivity contribution in [2.24, 2.45) is 5.92 Å². The van der Waals surface area contributed by atoms with Gasteiger partial charge >= 0.3 is 0 Å². The molecule has 1 aromatic heterocycles. The molecule has 106 valence electrons. The maximum absolute atomic E-state index is 12.3. The molecule has 2 unspecified atom stereocenters. The van der Waals surface area contributed by atoms with Crippen molar-refractivity contribution >= 4 is 21.6 Å². The molecule has 1 aromatic rings. The molecule has 1 N–H and O–H groups in total. The monoisotopic (exact) mass is 303 g/mol. The highest BCUT2D eigenvalue weighted by atomic mass is 35.5. The summed E-state index contributed by atoms with van der Waals surface area (Å²) in [4.78, 5) is 6.05. The van der Waals surface area contributed by atoms with Crippen LogP contribution in [0.4, 0.5) is 0 Å². The number of sulfonamides is 1. The quantitative estimate of drug-likeness (QED) is 0.856. The second-order valence-electron chi connectivity index (χ2n) is 5.05. The summed E-state index contributed by atoms with van der Waals surface area (Å²) in [6.07, 6.45) is 2.27. The van der Waals surface area contributed by atoms with Gasteiger partial charge in [0.2, 0.25) is 10.0 Å². The zero-order chi connectivity index (χ0) is 14.0. The summed E-state index contributed by atoms with van der Waals surface area (Å²) in [5, 5.41) is 0.00980. The van der Waals surface area contributed by atoms with Gasteiger partial charge in [0.15, 0.2) is 0 Å². The van der Waals surface area contributed by atoms with Gasteiger partial charge in [-0.15, -0.1) is 0 Å². The van der Waals surface area contributed by atoms with E-state index in [1.165, 1.54) is 12.3 Å². The van der Waals surface area contributed by atoms with Crippen LogP contribution in [-0.4, -0.2) is 44.5 Å². The molecule has 2 atom stereocenters. The third kappa shape index (κ3) is 3.45. The number of rotatable bonds is 3. The van der Waals surface area contributed by atoms with Crippen molar-refractivity contribution in [1.82, 2.24) is 14.6 Å². The van der Waals surface area contributed by atoms with Gasteiger partial charge in [-0.1, -0.05) is 18.5 Å². The zero-order valence-corrected chi connectivity index (χ0v) is 12.6. The molecule has 1 saturated heterocycles. The largest absolute Gasteiger partial charge is 0.306 e. The van der Waals surface area contributed by atoms with Gasteiger partial charge in [-0.25, -0.2) is 18.1 Å². The fourth-order valence-electron chi connectivity index (χ4n) is 2.36. The normalized spacial score (nSPS) is 25.4. The van der Waals surface area contributed by atoms with Crippen LogP contribution in [0, 0.1) is 5.92 Å². The molecular weight excluding hydrogens is 286 g/mol. The average Bonchev–Trinajstić information content (AvgIpc) is 2.33. The lowest BCUT2D eigenvalue weighted by Crippen LogP contribution is -2.48. The Kier molecular flexibility index (Phi) is 4.45. The Bertz CT molecular complexity index is 550. The number of nitrogens with one attached hydrogen (secondary N) is 1. The van der Waals surface area contributed by atoms with Gasteiger partial charge in [0.1, 0.15) is 10.0 Å². The molecular formula is C12H18ClN3O2S. The van der Waals surface area contributed by atoms with Crippen LogP contribution in [0.1, 0.15) is 13.3 Å². The van der Waals surface area contributed by atoms with Crippen molar-refractivity contribution in [2.45, 2.75) is 24.3 Å². The molecule has 0 radical (unpaired) electrons. The van der Waals surface area contributed by atoms with Crippen molar-refractivity contribution in [3.63, 3.8) is 0 Å². The Morgan fingerprint density at radius 1 is 1.53 bits per heavy atom. The van der Waals surface area contributed by atoms with Gasteiger partial charge in [0, 0.05) is 18.8 Å². The first-order valence-electron chi connectivity index (χ1n) is 6.21. The SMILES string of the molecule is CC1CN(C)CCC1NS(=O)(=O)c1cccnc1Cl. The van der Waals surface area contributed by atoms with E-state index in [1.807, 2.05) is 14.0 Å². The molecule has 5 nitrogen and oxygen atoms in total. The number of hydrogen-bond donors (Lipinski definition) is 1. The molecule has 0 aliphatic carbocycles. The van der Waals surface area contributed by atoms with Gasteiger partial charge in [0.25, 0.3) is 0 Å². The lowest BCUT2D eigenvalue weighted by Gasteiger charge is -2.34. The minimum Gasteiger partial charge on any atom is -0.306 e. The zero-order valence-electron chi connectivity index (χ0n) is 11.0. The average molecular weight is 304 g/mol. The molecule has 19 heavy (non-hydrogen) atoms. The Hall–Kier alpha value is -0.690. The predicted octanol–water partition coefficient (Wildman–Crippen LogP) is 1.35. The van der Waals surface area contributed by atoms with Crippen LogP contribution in [0.15, 0.2) is 23.2 Å². The second-order valence-corrected chi connectivity index (χ2v) is 7.09. The van der Waals surface area contributed by atoms with E-state index >= 15 is 0 Å². The summed E-state index contributed by atoms with van der Waals surface area (Å²) in [5.74, 6) is 0.268. The summed E-state index contributed by atoms with van der Waals surface area (Å²) in [6, 6.07) is 2.98. The molecule has 0 aromatic carbocycles. The Morgan fingerprint density at radius 2 is 2.26 bits per heavy atom. The molecule has 0 saturated carbocycles. The summed E-state index contributed by atoms with van der Waals surface area (Å²) in [6.45, 7) is 3.82. The van der Waals surface area contributed by atoms with Crippen LogP contribution in [0.2, 0.25) is 5.15 Å². The maximum Gasteiger partial charge on any atom is 0.243 e. The third-order valence-electron chi connectivity index (χ3n) is 3.43. The van der Waals surface area contributed by atoms with Crippen LogP contribution in [0.25, 0.3) is 0 Å². The van der Waals surface area contributed by atoms with E-state index < -0.39 is 10.0 Å². The second kappa shape index (κ2) is 5.75. The lowest BCUT2D eigenvalue weighted by molar-refractivity contribution is 0.188. The van der Waals surface area contributed by atoms with Crippen molar-refractivity contribution < 1.29 is 8.42 Å². The van der Waals surface area contributed by atoms with Gasteiger partial charge in [-0.3, -0.25) is 0 Å². The lowest BCUT2D eigenvalue weighted by atomic mass is 9.95. The molecule has 7 heteroatoms. The first-order chi connectivity index (χ1) is 8.90. The molecule has 1 aliphatic heterocycles. The molecule has 0 spiro atoms. The van der Waals surface area contributed by atoms with Gasteiger partial charge in [-0.2, -0.15) is 0 Å². The van der Waals surface area contributed by atoms with E-state index in [9.17, 15) is 8.42 Å². The van der Waals surface area contributed by atoms with Crippen LogP contribution in [-0.2, 0) is 10.0 Å². The van der Waals surface area contributed by atoms with E-state index in [0.717, 1.165) is 19.5 Å². The summed E-state index contributed by atoms with van der Waals surface area (Å²) in [5.41, 5.74) is 0. The highest BCUT2D eigenvalue weighted by Crippen LogP contribution is 2.21. The van der Waals surface area contributed by atoms with E-state index in [4.69, 9.17) is 11.6 Å². The molecule has 0 amide bonds. The first kappa shape index (κ1) is 14.7. The number of aromatic nitrogens is 1. The van der Waals surface area contributed by atoms with Crippen molar-refractivity contribution in [3.8, 4) is 0 Å². The van der Waals surface area contributed by atoms with Gasteiger partial charge in [0.05, 0.1) is 0 Å². The van der Waals surface area contributed by atoms with E-state index in [1.54, 1.807) is 6.07 Å². The van der Waals surface area contributed by atoms with Crippen LogP contribution < -0.4 is 4.72 Å². The summed E-state index contributed by atoms with van der Waals surface area (Å²) in [7, 11) is -1.56. The number of nitrogens with zero attached hydrogens (tertiary/aromatic N) is 2. The van der Waals surface area contributed by atoms with Crippen LogP contribution >= 0.6 is 11.6 Å². The van der Waals surface area contributed by atoms with Crippen LogP contribution in [0.5, 0.6) is 0 Å². The number of halogens is 1. The molecule has 1 fully saturated rings. The Labute approximate surface area is 119 Å². The number of hydrogen-bond acceptors (Lipinski definition) is 4. The van der Waals surface area contributed by atoms with Gasteiger partial charge < -0.3 is 4.90 Å². The number of likely N-dealkylation sites (tertiary alicyclic amines) is 1. The minimum atomic E-state index is -3.60. The van der Waals surface area contributed by atoms with E-state index in [0.29, 0.717) is 0 Å². The first-order valence-corrected chi connectivity index (χ1v) is 8.07. The minimum absolute atomic E-state index is 0.00980. The number of pyridine rings is 1. The van der Waals surface area contributed by atoms with E-state index in [-0.39, 0.29) is 22.0 Å². The maximum atomic E-state index is 12.3. The number of piperidine rings is 1. The molecule has 0 bridgehead atoms. The smallest absolute Gasteiger partial charge is 0.243 e. The van der Waals surface area contributed by atoms with Crippen molar-refractivity contribution in [2.75, 3.05) is 20.1 Å². The van der Waals surface area contributed by atoms with Crippen molar-refractivity contribution in [3.05, 3.63) is 23.5 Å². The summed E-state index contributed by atoms with van der Waals surface area (Å²) < 4.78 is 27.3. The highest BCUT2D eigenvalue weighted by molar-refractivity contribution is 7.89. The summed E-state index contributed by atoms with van der Waals surface area (Å²) >= 11 is 5.85. The fourth-order valence-corrected chi connectivity index (χ4v) is 4.20. The Morgan fingerprint density at radius 3 is 2.89 bits per heavy atom.